The number of hydrogen-bond donors (Lipinski definition) is 0. The van der Waals surface area contributed by atoms with Crippen molar-refractivity contribution >= 4 is 34.9 Å². The first-order valence-electron chi connectivity index (χ1n) is 5.58. The molecule has 0 aliphatic rings. The van der Waals surface area contributed by atoms with Crippen LogP contribution in [0.5, 0.6) is 0 Å². The highest BCUT2D eigenvalue weighted by Crippen LogP contribution is 2.31. The highest BCUT2D eigenvalue weighted by molar-refractivity contribution is 6.99. The van der Waals surface area contributed by atoms with Gasteiger partial charge < -0.3 is 0 Å². The Bertz CT molecular complexity index is 630. The minimum Gasteiger partial charge on any atom is -0.172 e. The van der Waals surface area contributed by atoms with Gasteiger partial charge in [0.2, 0.25) is 0 Å². The molecule has 0 amide bonds. The molecule has 2 aromatic carbocycles. The zero-order valence-electron chi connectivity index (χ0n) is 9.68. The van der Waals surface area contributed by atoms with Crippen molar-refractivity contribution in [3.8, 4) is 22.5 Å². The fourth-order valence-corrected chi connectivity index (χ4v) is 2.62. The molecule has 0 unspecified atom stereocenters. The van der Waals surface area contributed by atoms with Gasteiger partial charge in [-0.25, -0.2) is 0 Å². The number of rotatable bonds is 2. The SMILES string of the molecule is Clc1ccc(-c2nsnc2-c2ccc(Cl)cc2)cc1. The molecular formula is C14H8Cl2N2S. The second kappa shape index (κ2) is 5.29. The van der Waals surface area contributed by atoms with Crippen LogP contribution in [0.1, 0.15) is 0 Å². The molecule has 3 aromatic rings. The molecule has 94 valence electrons. The van der Waals surface area contributed by atoms with Gasteiger partial charge in [-0.05, 0) is 24.3 Å². The molecule has 0 atom stereocenters. The number of nitrogens with zero attached hydrogens (tertiary/aromatic N) is 2. The number of benzene rings is 2. The Morgan fingerprint density at radius 1 is 0.632 bits per heavy atom. The van der Waals surface area contributed by atoms with E-state index in [4.69, 9.17) is 23.2 Å². The van der Waals surface area contributed by atoms with Gasteiger partial charge in [-0.3, -0.25) is 0 Å². The maximum Gasteiger partial charge on any atom is 0.112 e. The molecule has 0 aliphatic heterocycles. The van der Waals surface area contributed by atoms with E-state index in [0.29, 0.717) is 10.0 Å². The molecule has 3 rings (SSSR count). The van der Waals surface area contributed by atoms with Crippen LogP contribution in [-0.4, -0.2) is 8.75 Å². The lowest BCUT2D eigenvalue weighted by Gasteiger charge is -2.02. The Morgan fingerprint density at radius 2 is 1.00 bits per heavy atom. The van der Waals surface area contributed by atoms with E-state index in [2.05, 4.69) is 8.75 Å². The van der Waals surface area contributed by atoms with Crippen LogP contribution < -0.4 is 0 Å². The summed E-state index contributed by atoms with van der Waals surface area (Å²) in [5.41, 5.74) is 3.74. The van der Waals surface area contributed by atoms with E-state index < -0.39 is 0 Å². The summed E-state index contributed by atoms with van der Waals surface area (Å²) in [5, 5.41) is 1.42. The maximum absolute atomic E-state index is 5.90. The first-order valence-corrected chi connectivity index (χ1v) is 7.07. The fraction of sp³-hybridized carbons (Fsp3) is 0. The highest BCUT2D eigenvalue weighted by Gasteiger charge is 2.12. The van der Waals surface area contributed by atoms with E-state index >= 15 is 0 Å². The monoisotopic (exact) mass is 306 g/mol. The number of halogens is 2. The minimum absolute atomic E-state index is 0.708. The van der Waals surface area contributed by atoms with Gasteiger partial charge >= 0.3 is 0 Å². The summed E-state index contributed by atoms with van der Waals surface area (Å²) in [6, 6.07) is 15.2. The van der Waals surface area contributed by atoms with Crippen molar-refractivity contribution in [2.24, 2.45) is 0 Å². The second-order valence-electron chi connectivity index (χ2n) is 3.98. The molecule has 2 nitrogen and oxygen atoms in total. The zero-order valence-corrected chi connectivity index (χ0v) is 12.0. The second-order valence-corrected chi connectivity index (χ2v) is 5.38. The fourth-order valence-electron chi connectivity index (χ4n) is 1.78. The van der Waals surface area contributed by atoms with Crippen molar-refractivity contribution in [1.82, 2.24) is 8.75 Å². The smallest absolute Gasteiger partial charge is 0.112 e. The van der Waals surface area contributed by atoms with Gasteiger partial charge in [0.05, 0.1) is 11.7 Å². The van der Waals surface area contributed by atoms with Gasteiger partial charge in [-0.2, -0.15) is 8.75 Å². The minimum atomic E-state index is 0.708. The first-order chi connectivity index (χ1) is 9.24. The van der Waals surface area contributed by atoms with Crippen molar-refractivity contribution in [2.75, 3.05) is 0 Å². The molecule has 0 spiro atoms. The third-order valence-electron chi connectivity index (χ3n) is 2.72. The molecule has 0 fully saturated rings. The molecule has 1 heterocycles. The van der Waals surface area contributed by atoms with E-state index in [1.165, 1.54) is 11.7 Å². The lowest BCUT2D eigenvalue weighted by atomic mass is 10.1. The van der Waals surface area contributed by atoms with E-state index in [9.17, 15) is 0 Å². The van der Waals surface area contributed by atoms with Crippen molar-refractivity contribution in [2.45, 2.75) is 0 Å². The van der Waals surface area contributed by atoms with Crippen molar-refractivity contribution in [1.29, 1.82) is 0 Å². The van der Waals surface area contributed by atoms with Crippen LogP contribution in [-0.2, 0) is 0 Å². The third-order valence-corrected chi connectivity index (χ3v) is 3.76. The Kier molecular flexibility index (Phi) is 3.51. The summed E-state index contributed by atoms with van der Waals surface area (Å²) in [6.45, 7) is 0. The molecule has 0 saturated carbocycles. The summed E-state index contributed by atoms with van der Waals surface area (Å²) in [7, 11) is 0. The van der Waals surface area contributed by atoms with Gasteiger partial charge in [0.15, 0.2) is 0 Å². The van der Waals surface area contributed by atoms with Crippen LogP contribution in [0.15, 0.2) is 48.5 Å². The van der Waals surface area contributed by atoms with Crippen LogP contribution in [0.3, 0.4) is 0 Å². The van der Waals surface area contributed by atoms with Crippen molar-refractivity contribution < 1.29 is 0 Å². The molecule has 0 aliphatic carbocycles. The highest BCUT2D eigenvalue weighted by atomic mass is 35.5. The first kappa shape index (κ1) is 12.6. The van der Waals surface area contributed by atoms with E-state index in [1.807, 2.05) is 48.5 Å². The van der Waals surface area contributed by atoms with E-state index in [-0.39, 0.29) is 0 Å². The average molecular weight is 307 g/mol. The van der Waals surface area contributed by atoms with Crippen LogP contribution in [0.25, 0.3) is 22.5 Å². The summed E-state index contributed by atoms with van der Waals surface area (Å²) in [6.07, 6.45) is 0. The van der Waals surface area contributed by atoms with Gasteiger partial charge in [0, 0.05) is 21.2 Å². The Labute approximate surface area is 125 Å². The molecule has 0 saturated heterocycles. The van der Waals surface area contributed by atoms with Crippen LogP contribution in [0.4, 0.5) is 0 Å². The molecule has 0 N–H and O–H groups in total. The average Bonchev–Trinajstić information content (AvgIpc) is 2.90. The lowest BCUT2D eigenvalue weighted by Crippen LogP contribution is -1.83. The molecule has 19 heavy (non-hydrogen) atoms. The largest absolute Gasteiger partial charge is 0.172 e. The van der Waals surface area contributed by atoms with Gasteiger partial charge in [0.1, 0.15) is 11.4 Å². The quantitative estimate of drug-likeness (QED) is 0.652. The summed E-state index contributed by atoms with van der Waals surface area (Å²) < 4.78 is 8.74. The van der Waals surface area contributed by atoms with E-state index in [1.54, 1.807) is 0 Å². The van der Waals surface area contributed by atoms with Gasteiger partial charge in [-0.1, -0.05) is 47.5 Å². The Hall–Kier alpha value is -1.42. The predicted molar refractivity (Wildman–Crippen MR) is 80.8 cm³/mol. The Balaban J connectivity index is 2.07. The molecule has 0 radical (unpaired) electrons. The molecular weight excluding hydrogens is 299 g/mol. The number of hydrogen-bond acceptors (Lipinski definition) is 3. The topological polar surface area (TPSA) is 25.8 Å². The molecule has 1 aromatic heterocycles. The predicted octanol–water partition coefficient (Wildman–Crippen LogP) is 5.18. The zero-order chi connectivity index (χ0) is 13.2. The van der Waals surface area contributed by atoms with Crippen LogP contribution >= 0.6 is 34.9 Å². The summed E-state index contributed by atoms with van der Waals surface area (Å²) >= 11 is 13.0. The van der Waals surface area contributed by atoms with Gasteiger partial charge in [-0.15, -0.1) is 0 Å². The van der Waals surface area contributed by atoms with Crippen molar-refractivity contribution in [3.63, 3.8) is 0 Å². The number of aromatic nitrogens is 2. The maximum atomic E-state index is 5.90. The summed E-state index contributed by atoms with van der Waals surface area (Å²) in [5.74, 6) is 0. The lowest BCUT2D eigenvalue weighted by molar-refractivity contribution is 1.47. The molecule has 0 bridgehead atoms. The van der Waals surface area contributed by atoms with Crippen LogP contribution in [0, 0.1) is 0 Å². The third kappa shape index (κ3) is 2.63. The van der Waals surface area contributed by atoms with Crippen LogP contribution in [0.2, 0.25) is 10.0 Å². The Morgan fingerprint density at radius 3 is 1.37 bits per heavy atom. The standard InChI is InChI=1S/C14H8Cl2N2S/c15-11-5-1-9(2-6-11)13-14(18-19-17-13)10-3-7-12(16)8-4-10/h1-8H. The normalized spacial score (nSPS) is 10.6. The van der Waals surface area contributed by atoms with Crippen molar-refractivity contribution in [3.05, 3.63) is 58.6 Å². The summed E-state index contributed by atoms with van der Waals surface area (Å²) in [4.78, 5) is 0. The molecule has 5 heteroatoms. The van der Waals surface area contributed by atoms with Gasteiger partial charge in [0.25, 0.3) is 0 Å². The van der Waals surface area contributed by atoms with E-state index in [0.717, 1.165) is 22.5 Å².